The van der Waals surface area contributed by atoms with Crippen LogP contribution in [0.5, 0.6) is 0 Å². The van der Waals surface area contributed by atoms with E-state index in [9.17, 15) is 4.79 Å². The minimum atomic E-state index is -0.0396. The van der Waals surface area contributed by atoms with Gasteiger partial charge in [0.2, 0.25) is 5.91 Å². The number of aliphatic imine (C=N–C) groups is 1. The lowest BCUT2D eigenvalue weighted by Gasteiger charge is -2.10. The van der Waals surface area contributed by atoms with Gasteiger partial charge in [0.15, 0.2) is 5.96 Å². The third-order valence-corrected chi connectivity index (χ3v) is 3.78. The van der Waals surface area contributed by atoms with E-state index in [4.69, 9.17) is 5.73 Å². The van der Waals surface area contributed by atoms with E-state index in [2.05, 4.69) is 41.6 Å². The van der Waals surface area contributed by atoms with Crippen molar-refractivity contribution in [2.75, 3.05) is 11.9 Å². The molecular weight excluding hydrogens is 312 g/mol. The Balaban J connectivity index is 1.75. The number of carbonyl (C=O) groups excluding carboxylic acids is 1. The molecule has 0 heterocycles. The van der Waals surface area contributed by atoms with Crippen molar-refractivity contribution < 1.29 is 4.79 Å². The molecule has 132 valence electrons. The zero-order chi connectivity index (χ0) is 18.1. The molecule has 2 rings (SSSR count). The van der Waals surface area contributed by atoms with Crippen molar-refractivity contribution >= 4 is 17.6 Å². The van der Waals surface area contributed by atoms with Crippen LogP contribution in [0.1, 0.15) is 37.3 Å². The second-order valence-corrected chi connectivity index (χ2v) is 6.18. The van der Waals surface area contributed by atoms with E-state index < -0.39 is 0 Å². The number of nitrogens with zero attached hydrogens (tertiary/aromatic N) is 1. The van der Waals surface area contributed by atoms with Crippen molar-refractivity contribution in [1.29, 1.82) is 0 Å². The number of guanidine groups is 1. The van der Waals surface area contributed by atoms with Crippen molar-refractivity contribution in [3.63, 3.8) is 0 Å². The standard InChI is InChI=1S/C20H26N4O/c1-15(2)17-9-6-10-18(13-17)24-20(21)22-12-11-19(25)23-14-16-7-4-3-5-8-16/h3-10,13,15H,11-12,14H2,1-2H3,(H,23,25)(H3,21,22,24). The van der Waals surface area contributed by atoms with Gasteiger partial charge in [-0.05, 0) is 29.2 Å². The highest BCUT2D eigenvalue weighted by molar-refractivity contribution is 5.92. The van der Waals surface area contributed by atoms with Gasteiger partial charge in [0.25, 0.3) is 0 Å². The number of amides is 1. The molecule has 0 aliphatic carbocycles. The molecule has 0 atom stereocenters. The highest BCUT2D eigenvalue weighted by Gasteiger charge is 2.03. The van der Waals surface area contributed by atoms with Gasteiger partial charge in [-0.15, -0.1) is 0 Å². The predicted octanol–water partition coefficient (Wildman–Crippen LogP) is 3.24. The number of carbonyl (C=O) groups is 1. The fourth-order valence-electron chi connectivity index (χ4n) is 2.33. The first-order chi connectivity index (χ1) is 12.0. The number of anilines is 1. The zero-order valence-corrected chi connectivity index (χ0v) is 14.8. The Morgan fingerprint density at radius 3 is 2.60 bits per heavy atom. The van der Waals surface area contributed by atoms with Gasteiger partial charge in [-0.1, -0.05) is 56.3 Å². The van der Waals surface area contributed by atoms with Gasteiger partial charge in [0, 0.05) is 18.7 Å². The summed E-state index contributed by atoms with van der Waals surface area (Å²) in [4.78, 5) is 16.0. The average molecular weight is 338 g/mol. The lowest BCUT2D eigenvalue weighted by molar-refractivity contribution is -0.121. The number of rotatable bonds is 7. The van der Waals surface area contributed by atoms with E-state index in [1.807, 2.05) is 42.5 Å². The Morgan fingerprint density at radius 1 is 1.12 bits per heavy atom. The predicted molar refractivity (Wildman–Crippen MR) is 104 cm³/mol. The first-order valence-corrected chi connectivity index (χ1v) is 8.52. The molecule has 0 bridgehead atoms. The van der Waals surface area contributed by atoms with Gasteiger partial charge in [0.1, 0.15) is 0 Å². The van der Waals surface area contributed by atoms with Gasteiger partial charge in [-0.3, -0.25) is 9.79 Å². The Labute approximate surface area is 149 Å². The molecule has 2 aromatic carbocycles. The fraction of sp³-hybridized carbons (Fsp3) is 0.300. The summed E-state index contributed by atoms with van der Waals surface area (Å²) in [6, 6.07) is 17.9. The highest BCUT2D eigenvalue weighted by Crippen LogP contribution is 2.18. The first kappa shape index (κ1) is 18.5. The summed E-state index contributed by atoms with van der Waals surface area (Å²) < 4.78 is 0. The minimum Gasteiger partial charge on any atom is -0.370 e. The highest BCUT2D eigenvalue weighted by atomic mass is 16.1. The molecule has 0 radical (unpaired) electrons. The Hall–Kier alpha value is -2.82. The molecule has 0 fully saturated rings. The van der Waals surface area contributed by atoms with E-state index in [-0.39, 0.29) is 5.91 Å². The van der Waals surface area contributed by atoms with Crippen LogP contribution in [0.15, 0.2) is 59.6 Å². The number of benzene rings is 2. The van der Waals surface area contributed by atoms with Crippen LogP contribution in [0.4, 0.5) is 5.69 Å². The summed E-state index contributed by atoms with van der Waals surface area (Å²) in [5.74, 6) is 0.729. The molecule has 0 aromatic heterocycles. The zero-order valence-electron chi connectivity index (χ0n) is 14.8. The van der Waals surface area contributed by atoms with Crippen molar-refractivity contribution in [2.45, 2.75) is 32.7 Å². The second-order valence-electron chi connectivity index (χ2n) is 6.18. The van der Waals surface area contributed by atoms with Crippen LogP contribution in [-0.2, 0) is 11.3 Å². The molecule has 0 aliphatic heterocycles. The summed E-state index contributed by atoms with van der Waals surface area (Å²) >= 11 is 0. The molecule has 0 unspecified atom stereocenters. The topological polar surface area (TPSA) is 79.5 Å². The Bertz CT molecular complexity index is 711. The van der Waals surface area contributed by atoms with Gasteiger partial charge < -0.3 is 16.4 Å². The summed E-state index contributed by atoms with van der Waals surface area (Å²) in [6.45, 7) is 5.16. The maximum atomic E-state index is 11.8. The van der Waals surface area contributed by atoms with Crippen LogP contribution in [0.25, 0.3) is 0 Å². The molecule has 0 saturated heterocycles. The molecule has 1 amide bonds. The van der Waals surface area contributed by atoms with Gasteiger partial charge in [-0.2, -0.15) is 0 Å². The third kappa shape index (κ3) is 6.67. The van der Waals surface area contributed by atoms with Crippen LogP contribution in [0.2, 0.25) is 0 Å². The second kappa shape index (κ2) is 9.47. The Kier molecular flexibility index (Phi) is 7.01. The van der Waals surface area contributed by atoms with Crippen LogP contribution < -0.4 is 16.4 Å². The number of nitrogens with two attached hydrogens (primary N) is 1. The largest absolute Gasteiger partial charge is 0.370 e. The monoisotopic (exact) mass is 338 g/mol. The van der Waals surface area contributed by atoms with E-state index in [1.165, 1.54) is 5.56 Å². The molecule has 5 nitrogen and oxygen atoms in total. The van der Waals surface area contributed by atoms with E-state index in [0.717, 1.165) is 11.3 Å². The third-order valence-electron chi connectivity index (χ3n) is 3.78. The number of hydrogen-bond donors (Lipinski definition) is 3. The molecule has 0 spiro atoms. The molecule has 25 heavy (non-hydrogen) atoms. The average Bonchev–Trinajstić information content (AvgIpc) is 2.61. The van der Waals surface area contributed by atoms with Gasteiger partial charge >= 0.3 is 0 Å². The molecule has 4 N–H and O–H groups in total. The number of nitrogens with one attached hydrogen (secondary N) is 2. The van der Waals surface area contributed by atoms with E-state index in [0.29, 0.717) is 31.4 Å². The summed E-state index contributed by atoms with van der Waals surface area (Å²) in [7, 11) is 0. The summed E-state index contributed by atoms with van der Waals surface area (Å²) in [5.41, 5.74) is 9.10. The van der Waals surface area contributed by atoms with Crippen LogP contribution in [-0.4, -0.2) is 18.4 Å². The molecular formula is C20H26N4O. The van der Waals surface area contributed by atoms with Crippen LogP contribution in [0, 0.1) is 0 Å². The molecule has 0 aliphatic rings. The SMILES string of the molecule is CC(C)c1cccc(NC(N)=NCCC(=O)NCc2ccccc2)c1. The number of hydrogen-bond acceptors (Lipinski definition) is 2. The van der Waals surface area contributed by atoms with E-state index >= 15 is 0 Å². The normalized spacial score (nSPS) is 11.4. The van der Waals surface area contributed by atoms with Crippen molar-refractivity contribution in [3.05, 3.63) is 65.7 Å². The van der Waals surface area contributed by atoms with Gasteiger partial charge in [0.05, 0.1) is 6.54 Å². The lowest BCUT2D eigenvalue weighted by atomic mass is 10.0. The Morgan fingerprint density at radius 2 is 1.88 bits per heavy atom. The van der Waals surface area contributed by atoms with Crippen LogP contribution >= 0.6 is 0 Å². The first-order valence-electron chi connectivity index (χ1n) is 8.52. The van der Waals surface area contributed by atoms with Crippen molar-refractivity contribution in [3.8, 4) is 0 Å². The van der Waals surface area contributed by atoms with Gasteiger partial charge in [-0.25, -0.2) is 0 Å². The summed E-state index contributed by atoms with van der Waals surface area (Å²) in [5, 5.41) is 5.94. The maximum absolute atomic E-state index is 11.8. The molecule has 5 heteroatoms. The van der Waals surface area contributed by atoms with E-state index in [1.54, 1.807) is 0 Å². The molecule has 0 saturated carbocycles. The smallest absolute Gasteiger partial charge is 0.222 e. The molecule has 2 aromatic rings. The maximum Gasteiger partial charge on any atom is 0.222 e. The fourth-order valence-corrected chi connectivity index (χ4v) is 2.33. The summed E-state index contributed by atoms with van der Waals surface area (Å²) in [6.07, 6.45) is 0.307. The van der Waals surface area contributed by atoms with Crippen molar-refractivity contribution in [1.82, 2.24) is 5.32 Å². The lowest BCUT2D eigenvalue weighted by Crippen LogP contribution is -2.25. The quantitative estimate of drug-likeness (QED) is 0.535. The minimum absolute atomic E-state index is 0.0396. The van der Waals surface area contributed by atoms with Crippen LogP contribution in [0.3, 0.4) is 0 Å². The van der Waals surface area contributed by atoms with Crippen molar-refractivity contribution in [2.24, 2.45) is 10.7 Å².